The summed E-state index contributed by atoms with van der Waals surface area (Å²) in [5, 5.41) is 11.5. The first-order valence-corrected chi connectivity index (χ1v) is 12.5. The van der Waals surface area contributed by atoms with Crippen LogP contribution in [0.3, 0.4) is 0 Å². The Morgan fingerprint density at radius 1 is 1.08 bits per heavy atom. The number of hydrogen-bond donors (Lipinski definition) is 0. The molecule has 3 aromatic carbocycles. The maximum Gasteiger partial charge on any atom is 0.269 e. The number of hydrogen-bond acceptors (Lipinski definition) is 7. The molecule has 0 unspecified atom stereocenters. The molecular formula is C26H21FN4O5S. The van der Waals surface area contributed by atoms with Gasteiger partial charge in [0.15, 0.2) is 5.16 Å². The SMILES string of the molecule is O=C(c1ccc2c(=O)n(-c3cccc(F)c3)c(SCc3ccc([N+](=O)[O-])cc3)nc2c1)N1CCOCC1. The van der Waals surface area contributed by atoms with E-state index in [9.17, 15) is 24.1 Å². The molecule has 2 heterocycles. The number of thioether (sulfide) groups is 1. The smallest absolute Gasteiger partial charge is 0.269 e. The van der Waals surface area contributed by atoms with Crippen molar-refractivity contribution in [3.8, 4) is 5.69 Å². The Balaban J connectivity index is 1.55. The molecule has 0 N–H and O–H groups in total. The number of benzene rings is 3. The average Bonchev–Trinajstić information content (AvgIpc) is 2.92. The molecular weight excluding hydrogens is 499 g/mol. The van der Waals surface area contributed by atoms with Gasteiger partial charge >= 0.3 is 0 Å². The van der Waals surface area contributed by atoms with Gasteiger partial charge in [0.05, 0.1) is 34.7 Å². The van der Waals surface area contributed by atoms with E-state index in [0.717, 1.165) is 5.56 Å². The van der Waals surface area contributed by atoms with E-state index in [0.29, 0.717) is 59.4 Å². The highest BCUT2D eigenvalue weighted by Gasteiger charge is 2.21. The zero-order valence-corrected chi connectivity index (χ0v) is 20.3. The van der Waals surface area contributed by atoms with E-state index in [4.69, 9.17) is 9.72 Å². The zero-order valence-electron chi connectivity index (χ0n) is 19.5. The number of nitro groups is 1. The van der Waals surface area contributed by atoms with Gasteiger partial charge in [-0.15, -0.1) is 0 Å². The number of nitro benzene ring substituents is 1. The van der Waals surface area contributed by atoms with Gasteiger partial charge in [-0.05, 0) is 42.0 Å². The van der Waals surface area contributed by atoms with E-state index in [1.54, 1.807) is 41.3 Å². The van der Waals surface area contributed by atoms with Crippen molar-refractivity contribution in [2.24, 2.45) is 0 Å². The lowest BCUT2D eigenvalue weighted by Gasteiger charge is -2.26. The van der Waals surface area contributed by atoms with Gasteiger partial charge in [0, 0.05) is 36.5 Å². The van der Waals surface area contributed by atoms with Gasteiger partial charge in [-0.3, -0.25) is 24.3 Å². The highest BCUT2D eigenvalue weighted by atomic mass is 32.2. The third kappa shape index (κ3) is 5.23. The van der Waals surface area contributed by atoms with E-state index in [1.807, 2.05) is 0 Å². The highest BCUT2D eigenvalue weighted by Crippen LogP contribution is 2.26. The van der Waals surface area contributed by atoms with Gasteiger partial charge < -0.3 is 9.64 Å². The minimum Gasteiger partial charge on any atom is -0.378 e. The summed E-state index contributed by atoms with van der Waals surface area (Å²) in [4.78, 5) is 43.4. The molecule has 1 aliphatic rings. The Kier molecular flexibility index (Phi) is 6.97. The third-order valence-electron chi connectivity index (χ3n) is 5.97. The quantitative estimate of drug-likeness (QED) is 0.162. The van der Waals surface area contributed by atoms with E-state index >= 15 is 0 Å². The van der Waals surface area contributed by atoms with E-state index in [-0.39, 0.29) is 11.6 Å². The molecule has 188 valence electrons. The van der Waals surface area contributed by atoms with Crippen LogP contribution in [0.25, 0.3) is 16.6 Å². The lowest BCUT2D eigenvalue weighted by molar-refractivity contribution is -0.384. The zero-order chi connectivity index (χ0) is 25.9. The molecule has 0 atom stereocenters. The Bertz CT molecular complexity index is 1550. The molecule has 1 amide bonds. The number of carbonyl (C=O) groups excluding carboxylic acids is 1. The van der Waals surface area contributed by atoms with Gasteiger partial charge in [-0.2, -0.15) is 0 Å². The van der Waals surface area contributed by atoms with Gasteiger partial charge in [-0.25, -0.2) is 9.37 Å². The predicted octanol–water partition coefficient (Wildman–Crippen LogP) is 4.20. The monoisotopic (exact) mass is 520 g/mol. The van der Waals surface area contributed by atoms with Crippen molar-refractivity contribution < 1.29 is 18.8 Å². The Morgan fingerprint density at radius 2 is 1.84 bits per heavy atom. The minimum absolute atomic E-state index is 0.0216. The Morgan fingerprint density at radius 3 is 2.54 bits per heavy atom. The van der Waals surface area contributed by atoms with E-state index in [1.165, 1.54) is 46.7 Å². The Hall–Kier alpha value is -4.09. The standard InChI is InChI=1S/C26H21FN4O5S/c27-19-2-1-3-21(15-19)30-25(33)22-9-6-18(24(32)29-10-12-36-13-11-29)14-23(22)28-26(30)37-16-17-4-7-20(8-5-17)31(34)35/h1-9,14-15H,10-13,16H2. The van der Waals surface area contributed by atoms with Gasteiger partial charge in [0.25, 0.3) is 17.2 Å². The molecule has 1 aromatic heterocycles. The van der Waals surface area contributed by atoms with Crippen LogP contribution in [0.4, 0.5) is 10.1 Å². The van der Waals surface area contributed by atoms with Crippen LogP contribution in [-0.2, 0) is 10.5 Å². The van der Waals surface area contributed by atoms with Crippen LogP contribution in [0, 0.1) is 15.9 Å². The molecule has 0 spiro atoms. The van der Waals surface area contributed by atoms with Gasteiger partial charge in [0.2, 0.25) is 0 Å². The third-order valence-corrected chi connectivity index (χ3v) is 6.98. The number of morpholine rings is 1. The number of amides is 1. The number of ether oxygens (including phenoxy) is 1. The molecule has 1 saturated heterocycles. The first-order valence-electron chi connectivity index (χ1n) is 11.5. The maximum atomic E-state index is 14.1. The second-order valence-electron chi connectivity index (χ2n) is 8.36. The maximum absolute atomic E-state index is 14.1. The second kappa shape index (κ2) is 10.5. The van der Waals surface area contributed by atoms with Crippen LogP contribution in [0.1, 0.15) is 15.9 Å². The fourth-order valence-electron chi connectivity index (χ4n) is 4.05. The largest absolute Gasteiger partial charge is 0.378 e. The summed E-state index contributed by atoms with van der Waals surface area (Å²) in [7, 11) is 0. The van der Waals surface area contributed by atoms with Crippen molar-refractivity contribution in [2.45, 2.75) is 10.9 Å². The summed E-state index contributed by atoms with van der Waals surface area (Å²) in [6, 6.07) is 16.5. The van der Waals surface area contributed by atoms with Crippen LogP contribution in [0.15, 0.2) is 76.7 Å². The Labute approximate surface area is 214 Å². The molecule has 0 radical (unpaired) electrons. The number of non-ortho nitro benzene ring substituents is 1. The molecule has 5 rings (SSSR count). The van der Waals surface area contributed by atoms with Crippen LogP contribution in [-0.4, -0.2) is 51.6 Å². The molecule has 11 heteroatoms. The normalized spacial score (nSPS) is 13.6. The van der Waals surface area contributed by atoms with Gasteiger partial charge in [0.1, 0.15) is 5.82 Å². The minimum atomic E-state index is -0.498. The summed E-state index contributed by atoms with van der Waals surface area (Å²) >= 11 is 1.23. The van der Waals surface area contributed by atoms with Crippen molar-refractivity contribution in [1.82, 2.24) is 14.5 Å². The number of rotatable bonds is 6. The van der Waals surface area contributed by atoms with Crippen molar-refractivity contribution in [3.05, 3.63) is 104 Å². The summed E-state index contributed by atoms with van der Waals surface area (Å²) in [6.45, 7) is 1.92. The summed E-state index contributed by atoms with van der Waals surface area (Å²) < 4.78 is 20.7. The van der Waals surface area contributed by atoms with E-state index in [2.05, 4.69) is 0 Å². The summed E-state index contributed by atoms with van der Waals surface area (Å²) in [5.74, 6) is -0.304. The molecule has 0 aliphatic carbocycles. The highest BCUT2D eigenvalue weighted by molar-refractivity contribution is 7.98. The number of halogens is 1. The molecule has 9 nitrogen and oxygen atoms in total. The van der Waals surface area contributed by atoms with Crippen LogP contribution >= 0.6 is 11.8 Å². The summed E-state index contributed by atoms with van der Waals surface area (Å²) in [5.41, 5.74) is 1.45. The second-order valence-corrected chi connectivity index (χ2v) is 9.31. The van der Waals surface area contributed by atoms with Crippen LogP contribution in [0.2, 0.25) is 0 Å². The molecule has 0 bridgehead atoms. The lowest BCUT2D eigenvalue weighted by atomic mass is 10.1. The van der Waals surface area contributed by atoms with Gasteiger partial charge in [-0.1, -0.05) is 30.0 Å². The van der Waals surface area contributed by atoms with Crippen molar-refractivity contribution in [1.29, 1.82) is 0 Å². The lowest BCUT2D eigenvalue weighted by Crippen LogP contribution is -2.40. The predicted molar refractivity (Wildman–Crippen MR) is 137 cm³/mol. The number of carbonyl (C=O) groups is 1. The molecule has 37 heavy (non-hydrogen) atoms. The van der Waals surface area contributed by atoms with Crippen molar-refractivity contribution in [3.63, 3.8) is 0 Å². The van der Waals surface area contributed by atoms with Crippen LogP contribution < -0.4 is 5.56 Å². The van der Waals surface area contributed by atoms with Crippen LogP contribution in [0.5, 0.6) is 0 Å². The molecule has 1 aliphatic heterocycles. The van der Waals surface area contributed by atoms with E-state index < -0.39 is 16.3 Å². The first-order chi connectivity index (χ1) is 17.9. The van der Waals surface area contributed by atoms with Crippen molar-refractivity contribution >= 4 is 34.3 Å². The fourth-order valence-corrected chi connectivity index (χ4v) is 5.02. The van der Waals surface area contributed by atoms with Crippen molar-refractivity contribution in [2.75, 3.05) is 26.3 Å². The summed E-state index contributed by atoms with van der Waals surface area (Å²) in [6.07, 6.45) is 0. The number of fused-ring (bicyclic) bond motifs is 1. The number of nitrogens with zero attached hydrogens (tertiary/aromatic N) is 4. The fraction of sp³-hybridized carbons (Fsp3) is 0.192. The molecule has 4 aromatic rings. The average molecular weight is 521 g/mol. The first kappa shape index (κ1) is 24.6. The number of aromatic nitrogens is 2. The topological polar surface area (TPSA) is 108 Å². The molecule has 1 fully saturated rings. The molecule has 0 saturated carbocycles.